The van der Waals surface area contributed by atoms with E-state index in [1.165, 1.54) is 12.1 Å². The summed E-state index contributed by atoms with van der Waals surface area (Å²) in [7, 11) is -3.81. The van der Waals surface area contributed by atoms with E-state index < -0.39 is 33.9 Å². The summed E-state index contributed by atoms with van der Waals surface area (Å²) in [6.45, 7) is -0.131. The Hall–Kier alpha value is -2.20. The number of nitrogens with zero attached hydrogens (tertiary/aromatic N) is 3. The van der Waals surface area contributed by atoms with Gasteiger partial charge in [-0.3, -0.25) is 0 Å². The SMILES string of the molecule is N#Cc1cc(C(F)(F)F)cnc1N[C@@H]1CCN(S(=O)(=O)c2ccc(Br)cc2)C[C@@H]1O. The number of nitriles is 1. The van der Waals surface area contributed by atoms with Gasteiger partial charge in [-0.15, -0.1) is 0 Å². The zero-order chi connectivity index (χ0) is 22.1. The highest BCUT2D eigenvalue weighted by molar-refractivity contribution is 9.10. The number of aromatic nitrogens is 1. The van der Waals surface area contributed by atoms with Crippen LogP contribution in [0.25, 0.3) is 0 Å². The van der Waals surface area contributed by atoms with Gasteiger partial charge in [-0.25, -0.2) is 13.4 Å². The molecule has 0 amide bonds. The monoisotopic (exact) mass is 504 g/mol. The van der Waals surface area contributed by atoms with Crippen molar-refractivity contribution in [1.82, 2.24) is 9.29 Å². The van der Waals surface area contributed by atoms with Crippen molar-refractivity contribution in [2.75, 3.05) is 18.4 Å². The van der Waals surface area contributed by atoms with E-state index in [0.29, 0.717) is 12.3 Å². The number of aliphatic hydroxyl groups excluding tert-OH is 1. The number of nitrogens with one attached hydrogen (secondary N) is 1. The van der Waals surface area contributed by atoms with Crippen molar-refractivity contribution in [2.24, 2.45) is 0 Å². The molecule has 2 heterocycles. The number of aliphatic hydroxyl groups is 1. The van der Waals surface area contributed by atoms with Crippen molar-refractivity contribution in [2.45, 2.75) is 29.6 Å². The summed E-state index contributed by atoms with van der Waals surface area (Å²) in [5.41, 5.74) is -1.37. The average molecular weight is 505 g/mol. The molecule has 1 aliphatic rings. The first-order valence-electron chi connectivity index (χ1n) is 8.70. The predicted molar refractivity (Wildman–Crippen MR) is 105 cm³/mol. The number of hydrogen-bond donors (Lipinski definition) is 2. The Morgan fingerprint density at radius 1 is 1.30 bits per heavy atom. The van der Waals surface area contributed by atoms with E-state index in [2.05, 4.69) is 26.2 Å². The zero-order valence-electron chi connectivity index (χ0n) is 15.3. The second-order valence-electron chi connectivity index (χ2n) is 6.65. The molecule has 1 saturated heterocycles. The van der Waals surface area contributed by atoms with Crippen molar-refractivity contribution < 1.29 is 26.7 Å². The fraction of sp³-hybridized carbons (Fsp3) is 0.333. The fourth-order valence-corrected chi connectivity index (χ4v) is 4.78. The first kappa shape index (κ1) is 22.5. The van der Waals surface area contributed by atoms with Gasteiger partial charge in [-0.1, -0.05) is 15.9 Å². The van der Waals surface area contributed by atoms with Gasteiger partial charge >= 0.3 is 6.18 Å². The zero-order valence-corrected chi connectivity index (χ0v) is 17.7. The minimum Gasteiger partial charge on any atom is -0.390 e. The highest BCUT2D eigenvalue weighted by Gasteiger charge is 2.36. The lowest BCUT2D eigenvalue weighted by molar-refractivity contribution is -0.137. The van der Waals surface area contributed by atoms with Crippen LogP contribution in [-0.2, 0) is 16.2 Å². The Bertz CT molecular complexity index is 1070. The number of β-amino-alcohol motifs (C(OH)–C–C–N with tert-alkyl or cyclic N) is 1. The summed E-state index contributed by atoms with van der Waals surface area (Å²) in [6.07, 6.45) is -5.02. The van der Waals surface area contributed by atoms with E-state index in [0.717, 1.165) is 8.78 Å². The van der Waals surface area contributed by atoms with Gasteiger partial charge in [0, 0.05) is 23.8 Å². The summed E-state index contributed by atoms with van der Waals surface area (Å²) in [4.78, 5) is 3.75. The largest absolute Gasteiger partial charge is 0.417 e. The molecule has 7 nitrogen and oxygen atoms in total. The van der Waals surface area contributed by atoms with Gasteiger partial charge in [0.2, 0.25) is 10.0 Å². The Labute approximate surface area is 179 Å². The quantitative estimate of drug-likeness (QED) is 0.662. The summed E-state index contributed by atoms with van der Waals surface area (Å²) < 4.78 is 65.8. The first-order valence-corrected chi connectivity index (χ1v) is 10.9. The molecule has 1 aromatic carbocycles. The molecule has 0 radical (unpaired) electrons. The molecule has 0 spiro atoms. The van der Waals surface area contributed by atoms with E-state index in [9.17, 15) is 26.7 Å². The lowest BCUT2D eigenvalue weighted by Gasteiger charge is -2.35. The van der Waals surface area contributed by atoms with E-state index in [1.54, 1.807) is 18.2 Å². The van der Waals surface area contributed by atoms with Gasteiger partial charge in [-0.2, -0.15) is 22.7 Å². The van der Waals surface area contributed by atoms with Crippen LogP contribution in [0.15, 0.2) is 45.9 Å². The molecule has 0 saturated carbocycles. The number of alkyl halides is 3. The highest BCUT2D eigenvalue weighted by atomic mass is 79.9. The van der Waals surface area contributed by atoms with Crippen molar-refractivity contribution in [3.63, 3.8) is 0 Å². The highest BCUT2D eigenvalue weighted by Crippen LogP contribution is 2.31. The molecule has 2 aromatic rings. The van der Waals surface area contributed by atoms with Crippen molar-refractivity contribution in [3.05, 3.63) is 52.1 Å². The average Bonchev–Trinajstić information content (AvgIpc) is 2.69. The van der Waals surface area contributed by atoms with Crippen molar-refractivity contribution >= 4 is 31.8 Å². The van der Waals surface area contributed by atoms with E-state index in [-0.39, 0.29) is 35.8 Å². The summed E-state index contributed by atoms with van der Waals surface area (Å²) in [5, 5.41) is 22.4. The lowest BCUT2D eigenvalue weighted by atomic mass is 10.0. The lowest BCUT2D eigenvalue weighted by Crippen LogP contribution is -2.51. The number of piperidine rings is 1. The molecule has 0 aliphatic carbocycles. The molecular formula is C18H16BrF3N4O3S. The van der Waals surface area contributed by atoms with Crippen LogP contribution in [0.4, 0.5) is 19.0 Å². The van der Waals surface area contributed by atoms with Crippen LogP contribution in [0.1, 0.15) is 17.5 Å². The normalized spacial score (nSPS) is 20.5. The maximum atomic E-state index is 12.8. The van der Waals surface area contributed by atoms with Gasteiger partial charge < -0.3 is 10.4 Å². The third-order valence-electron chi connectivity index (χ3n) is 4.65. The minimum atomic E-state index is -4.64. The van der Waals surface area contributed by atoms with Crippen LogP contribution < -0.4 is 5.32 Å². The standard InChI is InChI=1S/C18H16BrF3N4O3S/c19-13-1-3-14(4-2-13)30(28,29)26-6-5-15(16(27)10-26)25-17-11(8-23)7-12(9-24-17)18(20,21)22/h1-4,7,9,15-16,27H,5-6,10H2,(H,24,25)/t15-,16+/m1/s1. The smallest absolute Gasteiger partial charge is 0.390 e. The van der Waals surface area contributed by atoms with Gasteiger partial charge in [0.1, 0.15) is 11.9 Å². The molecule has 1 aromatic heterocycles. The van der Waals surface area contributed by atoms with E-state index in [4.69, 9.17) is 5.26 Å². The number of pyridine rings is 1. The van der Waals surface area contributed by atoms with E-state index >= 15 is 0 Å². The molecule has 12 heteroatoms. The summed E-state index contributed by atoms with van der Waals surface area (Å²) >= 11 is 3.24. The predicted octanol–water partition coefficient (Wildman–Crippen LogP) is 2.97. The molecule has 1 aliphatic heterocycles. The van der Waals surface area contributed by atoms with Crippen molar-refractivity contribution in [1.29, 1.82) is 5.26 Å². The molecule has 160 valence electrons. The number of benzene rings is 1. The first-order chi connectivity index (χ1) is 14.0. The molecule has 1 fully saturated rings. The molecule has 2 atom stereocenters. The fourth-order valence-electron chi connectivity index (χ4n) is 3.04. The van der Waals surface area contributed by atoms with Crippen molar-refractivity contribution in [3.8, 4) is 6.07 Å². The van der Waals surface area contributed by atoms with Crippen LogP contribution in [0.3, 0.4) is 0 Å². The molecular weight excluding hydrogens is 489 g/mol. The number of hydrogen-bond acceptors (Lipinski definition) is 6. The molecule has 2 N–H and O–H groups in total. The topological polar surface area (TPSA) is 106 Å². The van der Waals surface area contributed by atoms with Gasteiger partial charge in [-0.05, 0) is 36.8 Å². The van der Waals surface area contributed by atoms with Crippen LogP contribution in [-0.4, -0.2) is 48.0 Å². The minimum absolute atomic E-state index is 0.0790. The number of halogens is 4. The number of anilines is 1. The second kappa shape index (κ2) is 8.50. The second-order valence-corrected chi connectivity index (χ2v) is 9.51. The van der Waals surface area contributed by atoms with Crippen LogP contribution in [0, 0.1) is 11.3 Å². The van der Waals surface area contributed by atoms with Gasteiger partial charge in [0.05, 0.1) is 28.2 Å². The summed E-state index contributed by atoms with van der Waals surface area (Å²) in [5.74, 6) is -0.0984. The molecule has 3 rings (SSSR count). The van der Waals surface area contributed by atoms with Gasteiger partial charge in [0.15, 0.2) is 0 Å². The Morgan fingerprint density at radius 3 is 2.53 bits per heavy atom. The Kier molecular flexibility index (Phi) is 6.37. The van der Waals surface area contributed by atoms with E-state index in [1.807, 2.05) is 0 Å². The maximum absolute atomic E-state index is 12.8. The number of sulfonamides is 1. The molecule has 30 heavy (non-hydrogen) atoms. The number of rotatable bonds is 4. The Balaban J connectivity index is 1.73. The third kappa shape index (κ3) is 4.75. The third-order valence-corrected chi connectivity index (χ3v) is 7.06. The molecule has 0 unspecified atom stereocenters. The maximum Gasteiger partial charge on any atom is 0.417 e. The van der Waals surface area contributed by atoms with Crippen LogP contribution in [0.2, 0.25) is 0 Å². The Morgan fingerprint density at radius 2 is 1.97 bits per heavy atom. The van der Waals surface area contributed by atoms with Gasteiger partial charge in [0.25, 0.3) is 0 Å². The molecule has 0 bridgehead atoms. The van der Waals surface area contributed by atoms with Crippen LogP contribution >= 0.6 is 15.9 Å². The summed E-state index contributed by atoms with van der Waals surface area (Å²) in [6, 6.07) is 7.73. The van der Waals surface area contributed by atoms with Crippen LogP contribution in [0.5, 0.6) is 0 Å².